The number of carbonyl (C=O) groups excluding carboxylic acids is 1. The fourth-order valence-electron chi connectivity index (χ4n) is 1.21. The van der Waals surface area contributed by atoms with E-state index in [-0.39, 0.29) is 0 Å². The third kappa shape index (κ3) is 2.13. The Labute approximate surface area is 59.2 Å². The molecule has 0 aromatic rings. The molecular formula is C7H14GeO. The molecule has 0 radical (unpaired) electrons. The van der Waals surface area contributed by atoms with Crippen LogP contribution in [0.5, 0.6) is 0 Å². The Morgan fingerprint density at radius 3 is 2.00 bits per heavy atom. The van der Waals surface area contributed by atoms with Gasteiger partial charge in [-0.2, -0.15) is 0 Å². The maximum absolute atomic E-state index is 10.8. The van der Waals surface area contributed by atoms with E-state index in [9.17, 15) is 4.79 Å². The fourth-order valence-corrected chi connectivity index (χ4v) is 5.74. The minimum atomic E-state index is -1.31. The third-order valence-corrected chi connectivity index (χ3v) is 8.89. The van der Waals surface area contributed by atoms with Crippen LogP contribution in [-0.4, -0.2) is 19.0 Å². The van der Waals surface area contributed by atoms with Gasteiger partial charge in [0.05, 0.1) is 0 Å². The molecule has 0 unspecified atom stereocenters. The van der Waals surface area contributed by atoms with E-state index >= 15 is 0 Å². The molecule has 1 fully saturated rings. The number of carbonyl (C=O) groups is 1. The average Bonchev–Trinajstić information content (AvgIpc) is 1.78. The third-order valence-electron chi connectivity index (χ3n) is 2.16. The summed E-state index contributed by atoms with van der Waals surface area (Å²) in [7, 11) is 0. The molecule has 0 spiro atoms. The van der Waals surface area contributed by atoms with E-state index in [4.69, 9.17) is 0 Å². The van der Waals surface area contributed by atoms with Gasteiger partial charge in [0.1, 0.15) is 0 Å². The molecule has 2 heteroatoms. The Kier molecular flexibility index (Phi) is 1.99. The molecule has 1 heterocycles. The molecule has 1 rings (SSSR count). The van der Waals surface area contributed by atoms with Crippen LogP contribution in [0.15, 0.2) is 0 Å². The van der Waals surface area contributed by atoms with Gasteiger partial charge in [-0.05, 0) is 0 Å². The molecule has 1 nitrogen and oxygen atoms in total. The van der Waals surface area contributed by atoms with Gasteiger partial charge in [-0.15, -0.1) is 0 Å². The van der Waals surface area contributed by atoms with Crippen LogP contribution in [0.3, 0.4) is 0 Å². The van der Waals surface area contributed by atoms with E-state index in [1.54, 1.807) is 0 Å². The zero-order valence-corrected chi connectivity index (χ0v) is 8.33. The SMILES string of the molecule is [CH3][Ge]1([CH3])[CH2]CC(=O)C[CH2]1. The van der Waals surface area contributed by atoms with Crippen LogP contribution in [0.25, 0.3) is 0 Å². The van der Waals surface area contributed by atoms with Crippen LogP contribution in [0.1, 0.15) is 12.8 Å². The Hall–Kier alpha value is 0.213. The van der Waals surface area contributed by atoms with Gasteiger partial charge in [-0.25, -0.2) is 0 Å². The molecule has 0 aliphatic carbocycles. The van der Waals surface area contributed by atoms with Crippen molar-refractivity contribution in [3.05, 3.63) is 0 Å². The Bertz CT molecular complexity index is 117. The zero-order valence-electron chi connectivity index (χ0n) is 6.24. The fraction of sp³-hybridized carbons (Fsp3) is 0.857. The standard InChI is InChI=1S/C7H14GeO/c1-8(2)5-3-7(9)4-6-8/h3-6H2,1-2H3. The second-order valence-corrected chi connectivity index (χ2v) is 14.9. The first kappa shape index (κ1) is 7.32. The summed E-state index contributed by atoms with van der Waals surface area (Å²) in [5, 5.41) is 2.55. The number of hydrogen-bond donors (Lipinski definition) is 0. The predicted molar refractivity (Wildman–Crippen MR) is 41.3 cm³/mol. The first-order valence-electron chi connectivity index (χ1n) is 3.62. The van der Waals surface area contributed by atoms with Crippen LogP contribution in [-0.2, 0) is 4.79 Å². The summed E-state index contributed by atoms with van der Waals surface area (Å²) >= 11 is -1.31. The first-order chi connectivity index (χ1) is 4.10. The van der Waals surface area contributed by atoms with Crippen molar-refractivity contribution in [2.75, 3.05) is 0 Å². The molecule has 1 saturated heterocycles. The van der Waals surface area contributed by atoms with Gasteiger partial charge >= 0.3 is 58.7 Å². The second-order valence-electron chi connectivity index (χ2n) is 3.70. The molecule has 52 valence electrons. The van der Waals surface area contributed by atoms with Crippen LogP contribution < -0.4 is 0 Å². The molecule has 0 aromatic carbocycles. The van der Waals surface area contributed by atoms with E-state index in [1.807, 2.05) is 0 Å². The van der Waals surface area contributed by atoms with E-state index < -0.39 is 13.3 Å². The molecular weight excluding hydrogens is 173 g/mol. The number of rotatable bonds is 0. The normalized spacial score (nSPS) is 26.2. The monoisotopic (exact) mass is 188 g/mol. The molecule has 0 amide bonds. The van der Waals surface area contributed by atoms with Crippen molar-refractivity contribution in [2.24, 2.45) is 0 Å². The first-order valence-corrected chi connectivity index (χ1v) is 10.8. The number of ketones is 1. The summed E-state index contributed by atoms with van der Waals surface area (Å²) in [6, 6.07) is 0. The van der Waals surface area contributed by atoms with E-state index in [1.165, 1.54) is 10.5 Å². The van der Waals surface area contributed by atoms with Crippen molar-refractivity contribution in [3.63, 3.8) is 0 Å². The number of hydrogen-bond acceptors (Lipinski definition) is 1. The van der Waals surface area contributed by atoms with Gasteiger partial charge in [0.15, 0.2) is 0 Å². The maximum atomic E-state index is 10.8. The molecule has 9 heavy (non-hydrogen) atoms. The van der Waals surface area contributed by atoms with Gasteiger partial charge in [0.2, 0.25) is 0 Å². The predicted octanol–water partition coefficient (Wildman–Crippen LogP) is 2.06. The average molecular weight is 187 g/mol. The molecule has 0 bridgehead atoms. The summed E-state index contributed by atoms with van der Waals surface area (Å²) < 4.78 is 0. The van der Waals surface area contributed by atoms with Gasteiger partial charge in [-0.3, -0.25) is 0 Å². The molecule has 0 atom stereocenters. The molecule has 0 saturated carbocycles. The van der Waals surface area contributed by atoms with Crippen molar-refractivity contribution in [2.45, 2.75) is 34.9 Å². The summed E-state index contributed by atoms with van der Waals surface area (Å²) in [6.45, 7) is 0. The van der Waals surface area contributed by atoms with E-state index in [2.05, 4.69) is 11.5 Å². The van der Waals surface area contributed by atoms with Gasteiger partial charge in [-0.1, -0.05) is 0 Å². The van der Waals surface area contributed by atoms with Crippen LogP contribution in [0.2, 0.25) is 22.0 Å². The summed E-state index contributed by atoms with van der Waals surface area (Å²) in [4.78, 5) is 10.8. The van der Waals surface area contributed by atoms with Crippen LogP contribution in [0.4, 0.5) is 0 Å². The van der Waals surface area contributed by atoms with Crippen molar-refractivity contribution in [3.8, 4) is 0 Å². The molecule has 0 N–H and O–H groups in total. The van der Waals surface area contributed by atoms with Gasteiger partial charge in [0, 0.05) is 0 Å². The van der Waals surface area contributed by atoms with E-state index in [0.717, 1.165) is 12.8 Å². The van der Waals surface area contributed by atoms with Crippen molar-refractivity contribution >= 4 is 19.0 Å². The Morgan fingerprint density at radius 2 is 1.67 bits per heavy atom. The quantitative estimate of drug-likeness (QED) is 0.530. The minimum absolute atomic E-state index is 0.500. The molecule has 0 aromatic heterocycles. The van der Waals surface area contributed by atoms with E-state index in [0.29, 0.717) is 5.78 Å². The summed E-state index contributed by atoms with van der Waals surface area (Å²) in [5.41, 5.74) is 0. The topological polar surface area (TPSA) is 17.1 Å². The van der Waals surface area contributed by atoms with Crippen molar-refractivity contribution < 1.29 is 4.79 Å². The molecule has 1 aliphatic heterocycles. The van der Waals surface area contributed by atoms with Gasteiger partial charge < -0.3 is 0 Å². The van der Waals surface area contributed by atoms with Crippen LogP contribution in [0, 0.1) is 0 Å². The van der Waals surface area contributed by atoms with Crippen molar-refractivity contribution in [1.29, 1.82) is 0 Å². The Morgan fingerprint density at radius 1 is 1.22 bits per heavy atom. The zero-order chi connectivity index (χ0) is 6.91. The summed E-state index contributed by atoms with van der Waals surface area (Å²) in [5.74, 6) is 5.35. The van der Waals surface area contributed by atoms with Crippen molar-refractivity contribution in [1.82, 2.24) is 0 Å². The van der Waals surface area contributed by atoms with Crippen LogP contribution >= 0.6 is 0 Å². The summed E-state index contributed by atoms with van der Waals surface area (Å²) in [6.07, 6.45) is 1.79. The number of Topliss-reactive ketones (excluding diaryl/α,β-unsaturated/α-hetero) is 1. The van der Waals surface area contributed by atoms with Gasteiger partial charge in [0.25, 0.3) is 0 Å². The Balaban J connectivity index is 2.44. The molecule has 1 aliphatic rings. The second kappa shape index (κ2) is 2.45.